The Bertz CT molecular complexity index is 1500. The fourth-order valence-electron chi connectivity index (χ4n) is 3.96. The van der Waals surface area contributed by atoms with E-state index in [0.717, 1.165) is 12.3 Å². The van der Waals surface area contributed by atoms with E-state index in [-0.39, 0.29) is 24.7 Å². The highest BCUT2D eigenvalue weighted by Gasteiger charge is 2.43. The molecular weight excluding hydrogens is 558 g/mol. The first kappa shape index (κ1) is 29.1. The number of benzene rings is 2. The number of ether oxygens (including phenoxy) is 1. The Morgan fingerprint density at radius 2 is 1.82 bits per heavy atom. The molecule has 0 spiro atoms. The van der Waals surface area contributed by atoms with Crippen molar-refractivity contribution in [3.8, 4) is 5.75 Å². The molecule has 0 saturated carbocycles. The van der Waals surface area contributed by atoms with E-state index in [4.69, 9.17) is 31.1 Å². The molecule has 0 radical (unpaired) electrons. The molecule has 210 valence electrons. The number of nitrogens with two attached hydrogens (primary N) is 1. The Morgan fingerprint density at radius 3 is 2.49 bits per heavy atom. The number of nitrogens with zero attached hydrogens (tertiary/aromatic N) is 3. The van der Waals surface area contributed by atoms with E-state index in [1.165, 1.54) is 24.3 Å². The van der Waals surface area contributed by atoms with Gasteiger partial charge < -0.3 is 19.6 Å². The summed E-state index contributed by atoms with van der Waals surface area (Å²) in [5, 5.41) is 3.14. The number of aromatic nitrogens is 3. The summed E-state index contributed by atoms with van der Waals surface area (Å²) in [5.74, 6) is 0.732. The molecule has 0 aliphatic heterocycles. The van der Waals surface area contributed by atoms with Crippen LogP contribution >= 0.6 is 19.3 Å². The number of halogens is 4. The zero-order valence-corrected chi connectivity index (χ0v) is 23.1. The summed E-state index contributed by atoms with van der Waals surface area (Å²) in [6.07, 6.45) is -5.61. The summed E-state index contributed by atoms with van der Waals surface area (Å²) >= 11 is 5.89. The van der Waals surface area contributed by atoms with E-state index in [1.54, 1.807) is 17.6 Å². The summed E-state index contributed by atoms with van der Waals surface area (Å²) < 4.78 is 72.4. The van der Waals surface area contributed by atoms with Gasteiger partial charge in [0.15, 0.2) is 5.82 Å². The predicted octanol–water partition coefficient (Wildman–Crippen LogP) is 6.49. The molecule has 0 aliphatic carbocycles. The van der Waals surface area contributed by atoms with Gasteiger partial charge in [-0.2, -0.15) is 18.3 Å². The number of anilines is 1. The van der Waals surface area contributed by atoms with Gasteiger partial charge in [-0.15, -0.1) is 0 Å². The van der Waals surface area contributed by atoms with Gasteiger partial charge in [-0.3, -0.25) is 4.52 Å². The zero-order chi connectivity index (χ0) is 28.4. The zero-order valence-electron chi connectivity index (χ0n) is 21.4. The molecular formula is C25H28ClF3N5O4P. The molecule has 2 aromatic carbocycles. The second-order valence-electron chi connectivity index (χ2n) is 8.84. The standard InChI is InChI=1S/C25H28ClF3N5O4P/c1-4-36-14-21-32-22-23(19-7-5-6-8-20(19)31-24(22)30)34(21)13-15(2)37-39(35,33-16(3)25(27,28)29)38-18-11-9-17(26)10-12-18/h5-12,15-16H,4,13-14H2,1-3H3,(H2,30,31)(H,33,35)/t15-,16-,39-/m0/s1. The van der Waals surface area contributed by atoms with Crippen molar-refractivity contribution in [2.45, 2.75) is 52.2 Å². The molecule has 14 heteroatoms. The lowest BCUT2D eigenvalue weighted by Crippen LogP contribution is -2.39. The van der Waals surface area contributed by atoms with Gasteiger partial charge in [-0.05, 0) is 51.1 Å². The lowest BCUT2D eigenvalue weighted by atomic mass is 10.2. The van der Waals surface area contributed by atoms with Crippen LogP contribution in [-0.2, 0) is 27.0 Å². The maximum Gasteiger partial charge on any atom is 0.459 e. The number of alkyl halides is 3. The van der Waals surface area contributed by atoms with Crippen LogP contribution in [-0.4, -0.2) is 39.5 Å². The highest BCUT2D eigenvalue weighted by molar-refractivity contribution is 7.52. The normalized spacial score (nSPS) is 15.4. The molecule has 0 aliphatic rings. The number of hydrogen-bond donors (Lipinski definition) is 2. The smallest absolute Gasteiger partial charge is 0.413 e. The van der Waals surface area contributed by atoms with Crippen molar-refractivity contribution in [3.05, 3.63) is 59.4 Å². The number of pyridine rings is 1. The lowest BCUT2D eigenvalue weighted by molar-refractivity contribution is -0.148. The van der Waals surface area contributed by atoms with Crippen LogP contribution in [0, 0.1) is 0 Å². The average Bonchev–Trinajstić information content (AvgIpc) is 3.22. The van der Waals surface area contributed by atoms with Gasteiger partial charge in [0.05, 0.1) is 23.7 Å². The fourth-order valence-corrected chi connectivity index (χ4v) is 5.80. The fraction of sp³-hybridized carbons (Fsp3) is 0.360. The molecule has 2 heterocycles. The van der Waals surface area contributed by atoms with Gasteiger partial charge in [0.1, 0.15) is 29.7 Å². The summed E-state index contributed by atoms with van der Waals surface area (Å²) in [6, 6.07) is 10.8. The van der Waals surface area contributed by atoms with Crippen LogP contribution in [0.2, 0.25) is 5.02 Å². The number of nitrogens with one attached hydrogen (secondary N) is 1. The van der Waals surface area contributed by atoms with E-state index >= 15 is 0 Å². The van der Waals surface area contributed by atoms with Crippen LogP contribution < -0.4 is 15.3 Å². The average molecular weight is 586 g/mol. The van der Waals surface area contributed by atoms with E-state index in [2.05, 4.69) is 9.97 Å². The summed E-state index contributed by atoms with van der Waals surface area (Å²) in [4.78, 5) is 9.05. The first-order valence-corrected chi connectivity index (χ1v) is 14.0. The third-order valence-corrected chi connectivity index (χ3v) is 7.81. The van der Waals surface area contributed by atoms with Gasteiger partial charge in [0.25, 0.3) is 0 Å². The predicted molar refractivity (Wildman–Crippen MR) is 144 cm³/mol. The SMILES string of the molecule is CCOCc1nc2c(N)nc3ccccc3c2n1C[C@H](C)O[P@@](=O)(N[C@@H](C)C(F)(F)F)Oc1ccc(Cl)cc1. The summed E-state index contributed by atoms with van der Waals surface area (Å²) in [5.41, 5.74) is 7.94. The Kier molecular flexibility index (Phi) is 8.72. The molecule has 0 fully saturated rings. The molecule has 39 heavy (non-hydrogen) atoms. The molecule has 2 aromatic heterocycles. The van der Waals surface area contributed by atoms with E-state index < -0.39 is 26.1 Å². The van der Waals surface area contributed by atoms with Gasteiger partial charge in [0.2, 0.25) is 0 Å². The molecule has 3 atom stereocenters. The number of hydrogen-bond acceptors (Lipinski definition) is 7. The van der Waals surface area contributed by atoms with Crippen molar-refractivity contribution in [2.75, 3.05) is 12.3 Å². The molecule has 0 amide bonds. The first-order chi connectivity index (χ1) is 18.4. The minimum absolute atomic E-state index is 0.0202. The highest BCUT2D eigenvalue weighted by Crippen LogP contribution is 2.48. The van der Waals surface area contributed by atoms with Crippen LogP contribution in [0.3, 0.4) is 0 Å². The van der Waals surface area contributed by atoms with Crippen LogP contribution in [0.15, 0.2) is 48.5 Å². The minimum atomic E-state index is -4.69. The highest BCUT2D eigenvalue weighted by atomic mass is 35.5. The van der Waals surface area contributed by atoms with Crippen LogP contribution in [0.5, 0.6) is 5.75 Å². The Labute approximate surface area is 228 Å². The Morgan fingerprint density at radius 1 is 1.13 bits per heavy atom. The topological polar surface area (TPSA) is 114 Å². The van der Waals surface area contributed by atoms with Crippen molar-refractivity contribution in [2.24, 2.45) is 0 Å². The molecule has 0 saturated heterocycles. The Hall–Kier alpha value is -2.89. The monoisotopic (exact) mass is 585 g/mol. The molecule has 4 rings (SSSR count). The number of rotatable bonds is 11. The summed E-state index contributed by atoms with van der Waals surface area (Å²) in [7, 11) is -4.55. The third-order valence-electron chi connectivity index (χ3n) is 5.77. The third kappa shape index (κ3) is 6.82. The molecule has 3 N–H and O–H groups in total. The van der Waals surface area contributed by atoms with Crippen molar-refractivity contribution < 1.29 is 31.5 Å². The number of fused-ring (bicyclic) bond motifs is 3. The first-order valence-electron chi connectivity index (χ1n) is 12.1. The van der Waals surface area contributed by atoms with Crippen LogP contribution in [0.4, 0.5) is 19.0 Å². The molecule has 9 nitrogen and oxygen atoms in total. The van der Waals surface area contributed by atoms with Gasteiger partial charge in [-0.25, -0.2) is 14.5 Å². The molecule has 0 bridgehead atoms. The second-order valence-corrected chi connectivity index (χ2v) is 10.9. The van der Waals surface area contributed by atoms with Crippen molar-refractivity contribution in [1.82, 2.24) is 19.6 Å². The van der Waals surface area contributed by atoms with Gasteiger partial charge in [0, 0.05) is 17.0 Å². The van der Waals surface area contributed by atoms with E-state index in [0.29, 0.717) is 34.0 Å². The second kappa shape index (κ2) is 11.7. The van der Waals surface area contributed by atoms with Crippen LogP contribution in [0.1, 0.15) is 26.6 Å². The quantitative estimate of drug-likeness (QED) is 0.192. The van der Waals surface area contributed by atoms with E-state index in [9.17, 15) is 17.7 Å². The van der Waals surface area contributed by atoms with E-state index in [1.807, 2.05) is 30.2 Å². The molecule has 0 unspecified atom stereocenters. The van der Waals surface area contributed by atoms with Crippen molar-refractivity contribution in [1.29, 1.82) is 0 Å². The number of nitrogen functional groups attached to an aromatic ring is 1. The van der Waals surface area contributed by atoms with Gasteiger partial charge in [-0.1, -0.05) is 29.8 Å². The van der Waals surface area contributed by atoms with Crippen molar-refractivity contribution >= 4 is 47.1 Å². The maximum absolute atomic E-state index is 13.7. The van der Waals surface area contributed by atoms with Gasteiger partial charge >= 0.3 is 13.9 Å². The van der Waals surface area contributed by atoms with Crippen LogP contribution in [0.25, 0.3) is 21.9 Å². The number of para-hydroxylation sites is 1. The lowest BCUT2D eigenvalue weighted by Gasteiger charge is -2.27. The maximum atomic E-state index is 13.7. The summed E-state index contributed by atoms with van der Waals surface area (Å²) in [6.45, 7) is 4.84. The Balaban J connectivity index is 1.71. The molecule has 4 aromatic rings. The van der Waals surface area contributed by atoms with Crippen molar-refractivity contribution in [3.63, 3.8) is 0 Å². The number of imidazole rings is 1. The largest absolute Gasteiger partial charge is 0.459 e. The minimum Gasteiger partial charge on any atom is -0.413 e.